The van der Waals surface area contributed by atoms with Crippen LogP contribution in [0.25, 0.3) is 0 Å². The number of hydrogen-bond acceptors (Lipinski definition) is 4. The van der Waals surface area contributed by atoms with Crippen molar-refractivity contribution in [3.05, 3.63) is 95.1 Å². The van der Waals surface area contributed by atoms with E-state index in [4.69, 9.17) is 9.47 Å². The van der Waals surface area contributed by atoms with Crippen molar-refractivity contribution in [3.8, 4) is 11.5 Å². The van der Waals surface area contributed by atoms with E-state index in [2.05, 4.69) is 5.32 Å². The molecule has 0 saturated heterocycles. The van der Waals surface area contributed by atoms with E-state index < -0.39 is 6.04 Å². The fraction of sp³-hybridized carbons (Fsp3) is 0.310. The first kappa shape index (κ1) is 24.3. The van der Waals surface area contributed by atoms with Crippen LogP contribution in [-0.2, 0) is 29.0 Å². The molecule has 6 heteroatoms. The number of benzene rings is 3. The van der Waals surface area contributed by atoms with Gasteiger partial charge in [0.1, 0.15) is 19.3 Å². The normalized spacial score (nSPS) is 13.1. The zero-order valence-electron chi connectivity index (χ0n) is 20.3. The zero-order chi connectivity index (χ0) is 24.6. The lowest BCUT2D eigenvalue weighted by molar-refractivity contribution is -0.141. The molecular formula is C29H32N2O4. The second kappa shape index (κ2) is 11.6. The van der Waals surface area contributed by atoms with Gasteiger partial charge < -0.3 is 19.7 Å². The zero-order valence-corrected chi connectivity index (χ0v) is 20.3. The third kappa shape index (κ3) is 6.41. The average molecular weight is 473 g/mol. The molecule has 0 aromatic heterocycles. The Hall–Kier alpha value is -3.80. The first-order valence-corrected chi connectivity index (χ1v) is 12.0. The van der Waals surface area contributed by atoms with Gasteiger partial charge in [0.05, 0.1) is 0 Å². The van der Waals surface area contributed by atoms with Crippen LogP contribution in [0.5, 0.6) is 11.5 Å². The number of fused-ring (bicyclic) bond motifs is 1. The van der Waals surface area contributed by atoms with E-state index in [1.807, 2.05) is 79.7 Å². The minimum atomic E-state index is -0.614. The van der Waals surface area contributed by atoms with E-state index in [-0.39, 0.29) is 18.2 Å². The molecule has 3 aromatic rings. The standard InChI is InChI=1S/C29H32N2O4/c1-21-8-10-24(11-9-21)20-31(25(29(33)30-2)18-22-6-4-3-5-7-22)28(32)15-13-23-12-14-26-27(19-23)35-17-16-34-26/h3-12,14,19,25H,13,15-18,20H2,1-2H3,(H,30,33)/t25-/m1/s1. The van der Waals surface area contributed by atoms with E-state index >= 15 is 0 Å². The Balaban J connectivity index is 1.56. The van der Waals surface area contributed by atoms with Crippen LogP contribution in [0.15, 0.2) is 72.8 Å². The number of ether oxygens (including phenoxy) is 2. The van der Waals surface area contributed by atoms with E-state index in [0.29, 0.717) is 38.3 Å². The number of rotatable bonds is 9. The van der Waals surface area contributed by atoms with Crippen molar-refractivity contribution in [1.29, 1.82) is 0 Å². The second-order valence-electron chi connectivity index (χ2n) is 8.81. The highest BCUT2D eigenvalue weighted by molar-refractivity contribution is 5.88. The largest absolute Gasteiger partial charge is 0.486 e. The van der Waals surface area contributed by atoms with Gasteiger partial charge in [-0.1, -0.05) is 66.2 Å². The summed E-state index contributed by atoms with van der Waals surface area (Å²) in [5.41, 5.74) is 4.15. The molecule has 0 spiro atoms. The van der Waals surface area contributed by atoms with Crippen molar-refractivity contribution in [2.45, 2.75) is 38.8 Å². The Kier molecular flexibility index (Phi) is 8.03. The van der Waals surface area contributed by atoms with Crippen molar-refractivity contribution in [2.75, 3.05) is 20.3 Å². The van der Waals surface area contributed by atoms with Crippen molar-refractivity contribution in [2.24, 2.45) is 0 Å². The number of carbonyl (C=O) groups is 2. The summed E-state index contributed by atoms with van der Waals surface area (Å²) >= 11 is 0. The molecule has 0 unspecified atom stereocenters. The molecule has 1 atom stereocenters. The van der Waals surface area contributed by atoms with Gasteiger partial charge in [0.15, 0.2) is 11.5 Å². The molecule has 1 aliphatic rings. The van der Waals surface area contributed by atoms with Gasteiger partial charge in [-0.25, -0.2) is 0 Å². The van der Waals surface area contributed by atoms with Crippen LogP contribution in [0.4, 0.5) is 0 Å². The molecule has 35 heavy (non-hydrogen) atoms. The molecule has 0 aliphatic carbocycles. The van der Waals surface area contributed by atoms with Gasteiger partial charge in [0.25, 0.3) is 0 Å². The Morgan fingerprint density at radius 3 is 2.29 bits per heavy atom. The van der Waals surface area contributed by atoms with E-state index in [1.165, 1.54) is 0 Å². The maximum atomic E-state index is 13.6. The highest BCUT2D eigenvalue weighted by atomic mass is 16.6. The Morgan fingerprint density at radius 1 is 0.886 bits per heavy atom. The summed E-state index contributed by atoms with van der Waals surface area (Å²) in [6, 6.07) is 23.1. The van der Waals surface area contributed by atoms with Gasteiger partial charge in [0, 0.05) is 26.4 Å². The Bertz CT molecular complexity index is 1150. The third-order valence-corrected chi connectivity index (χ3v) is 6.23. The van der Waals surface area contributed by atoms with Crippen molar-refractivity contribution in [1.82, 2.24) is 10.2 Å². The van der Waals surface area contributed by atoms with Crippen molar-refractivity contribution < 1.29 is 19.1 Å². The van der Waals surface area contributed by atoms with Crippen LogP contribution in [0.3, 0.4) is 0 Å². The molecular weight excluding hydrogens is 440 g/mol. The van der Waals surface area contributed by atoms with Crippen molar-refractivity contribution >= 4 is 11.8 Å². The summed E-state index contributed by atoms with van der Waals surface area (Å²) < 4.78 is 11.3. The average Bonchev–Trinajstić information content (AvgIpc) is 2.90. The van der Waals surface area contributed by atoms with Crippen molar-refractivity contribution in [3.63, 3.8) is 0 Å². The Morgan fingerprint density at radius 2 is 1.57 bits per heavy atom. The molecule has 1 heterocycles. The molecule has 0 radical (unpaired) electrons. The fourth-order valence-corrected chi connectivity index (χ4v) is 4.25. The first-order valence-electron chi connectivity index (χ1n) is 12.0. The topological polar surface area (TPSA) is 67.9 Å². The smallest absolute Gasteiger partial charge is 0.242 e. The maximum absolute atomic E-state index is 13.6. The lowest BCUT2D eigenvalue weighted by atomic mass is 10.0. The predicted molar refractivity (Wildman–Crippen MR) is 135 cm³/mol. The van der Waals surface area contributed by atoms with E-state index in [0.717, 1.165) is 28.0 Å². The minimum absolute atomic E-state index is 0.0648. The quantitative estimate of drug-likeness (QED) is 0.510. The van der Waals surface area contributed by atoms with Gasteiger partial charge in [0.2, 0.25) is 11.8 Å². The molecule has 4 rings (SSSR count). The summed E-state index contributed by atoms with van der Waals surface area (Å²) in [6.07, 6.45) is 1.28. The second-order valence-corrected chi connectivity index (χ2v) is 8.81. The number of aryl methyl sites for hydroxylation is 2. The summed E-state index contributed by atoms with van der Waals surface area (Å²) in [4.78, 5) is 28.3. The molecule has 1 N–H and O–H groups in total. The summed E-state index contributed by atoms with van der Waals surface area (Å²) in [5, 5.41) is 2.76. The highest BCUT2D eigenvalue weighted by Gasteiger charge is 2.29. The SMILES string of the molecule is CNC(=O)[C@@H](Cc1ccccc1)N(Cc1ccc(C)cc1)C(=O)CCc1ccc2c(c1)OCCO2. The number of hydrogen-bond donors (Lipinski definition) is 1. The van der Waals surface area contributed by atoms with Crippen LogP contribution < -0.4 is 14.8 Å². The predicted octanol–water partition coefficient (Wildman–Crippen LogP) is 4.08. The van der Waals surface area contributed by atoms with Gasteiger partial charge in [-0.15, -0.1) is 0 Å². The lowest BCUT2D eigenvalue weighted by Crippen LogP contribution is -2.49. The minimum Gasteiger partial charge on any atom is -0.486 e. The van der Waals surface area contributed by atoms with Crippen LogP contribution in [0.2, 0.25) is 0 Å². The number of likely N-dealkylation sites (N-methyl/N-ethyl adjacent to an activating group) is 1. The number of nitrogens with one attached hydrogen (secondary N) is 1. The number of amides is 2. The van der Waals surface area contributed by atoms with Gasteiger partial charge in [-0.05, 0) is 42.2 Å². The van der Waals surface area contributed by atoms with Gasteiger partial charge >= 0.3 is 0 Å². The summed E-state index contributed by atoms with van der Waals surface area (Å²) in [5.74, 6) is 1.21. The lowest BCUT2D eigenvalue weighted by Gasteiger charge is -2.31. The van der Waals surface area contributed by atoms with Crippen LogP contribution in [-0.4, -0.2) is 43.0 Å². The molecule has 0 fully saturated rings. The van der Waals surface area contributed by atoms with Crippen LogP contribution in [0.1, 0.15) is 28.7 Å². The van der Waals surface area contributed by atoms with E-state index in [9.17, 15) is 9.59 Å². The number of nitrogens with zero attached hydrogens (tertiary/aromatic N) is 1. The molecule has 182 valence electrons. The molecule has 1 aliphatic heterocycles. The molecule has 0 saturated carbocycles. The highest BCUT2D eigenvalue weighted by Crippen LogP contribution is 2.31. The monoisotopic (exact) mass is 472 g/mol. The Labute approximate surface area is 206 Å². The third-order valence-electron chi connectivity index (χ3n) is 6.23. The molecule has 3 aromatic carbocycles. The summed E-state index contributed by atoms with van der Waals surface area (Å²) in [7, 11) is 1.62. The maximum Gasteiger partial charge on any atom is 0.242 e. The van der Waals surface area contributed by atoms with Gasteiger partial charge in [-0.2, -0.15) is 0 Å². The first-order chi connectivity index (χ1) is 17.0. The summed E-state index contributed by atoms with van der Waals surface area (Å²) in [6.45, 7) is 3.46. The molecule has 2 amide bonds. The fourth-order valence-electron chi connectivity index (χ4n) is 4.25. The number of carbonyl (C=O) groups excluding carboxylic acids is 2. The van der Waals surface area contributed by atoms with Crippen LogP contribution >= 0.6 is 0 Å². The molecule has 0 bridgehead atoms. The van der Waals surface area contributed by atoms with Crippen LogP contribution in [0, 0.1) is 6.92 Å². The van der Waals surface area contributed by atoms with Gasteiger partial charge in [-0.3, -0.25) is 9.59 Å². The molecule has 6 nitrogen and oxygen atoms in total. The van der Waals surface area contributed by atoms with E-state index in [1.54, 1.807) is 11.9 Å².